The summed E-state index contributed by atoms with van der Waals surface area (Å²) in [5.74, 6) is -0.991. The van der Waals surface area contributed by atoms with E-state index < -0.39 is 17.1 Å². The Hall–Kier alpha value is -1.70. The van der Waals surface area contributed by atoms with Crippen LogP contribution in [0.3, 0.4) is 0 Å². The van der Waals surface area contributed by atoms with Crippen LogP contribution in [0, 0.1) is 12.7 Å². The molecule has 0 radical (unpaired) electrons. The topological polar surface area (TPSA) is 72.7 Å². The molecule has 6 nitrogen and oxygen atoms in total. The molecule has 0 aliphatic carbocycles. The molecule has 8 heteroatoms. The number of nitrogens with zero attached hydrogens (tertiary/aromatic N) is 3. The second kappa shape index (κ2) is 5.12. The summed E-state index contributed by atoms with van der Waals surface area (Å²) in [7, 11) is 0. The molecule has 102 valence electrons. The quantitative estimate of drug-likeness (QED) is 0.912. The van der Waals surface area contributed by atoms with E-state index in [4.69, 9.17) is 0 Å². The number of aromatic nitrogens is 4. The third-order valence-corrected chi connectivity index (χ3v) is 3.77. The van der Waals surface area contributed by atoms with Gasteiger partial charge in [0, 0.05) is 6.54 Å². The van der Waals surface area contributed by atoms with Crippen LogP contribution in [0.15, 0.2) is 20.3 Å². The summed E-state index contributed by atoms with van der Waals surface area (Å²) in [6.07, 6.45) is 0.899. The molecule has 19 heavy (non-hydrogen) atoms. The SMILES string of the molecule is CCn1nc(C)c(Br)c1Cn1cc(F)c(=O)[nH]c1=O. The number of rotatable bonds is 3. The Morgan fingerprint density at radius 2 is 2.16 bits per heavy atom. The molecule has 0 fully saturated rings. The summed E-state index contributed by atoms with van der Waals surface area (Å²) in [4.78, 5) is 24.5. The fraction of sp³-hybridized carbons (Fsp3) is 0.364. The number of hydrogen-bond donors (Lipinski definition) is 1. The van der Waals surface area contributed by atoms with Crippen molar-refractivity contribution < 1.29 is 4.39 Å². The van der Waals surface area contributed by atoms with Gasteiger partial charge in [-0.25, -0.2) is 4.79 Å². The minimum atomic E-state index is -1.01. The van der Waals surface area contributed by atoms with Crippen LogP contribution in [-0.4, -0.2) is 19.3 Å². The number of aryl methyl sites for hydroxylation is 2. The Morgan fingerprint density at radius 1 is 1.47 bits per heavy atom. The molecular formula is C11H12BrFN4O2. The molecule has 2 rings (SSSR count). The van der Waals surface area contributed by atoms with Crippen LogP contribution in [0.1, 0.15) is 18.3 Å². The van der Waals surface area contributed by atoms with Gasteiger partial charge in [0.05, 0.1) is 28.6 Å². The Bertz CT molecular complexity index is 731. The van der Waals surface area contributed by atoms with Gasteiger partial charge in [0.2, 0.25) is 5.82 Å². The number of halogens is 2. The molecule has 0 atom stereocenters. The number of nitrogens with one attached hydrogen (secondary N) is 1. The van der Waals surface area contributed by atoms with Crippen LogP contribution in [0.5, 0.6) is 0 Å². The minimum absolute atomic E-state index is 0.127. The number of aromatic amines is 1. The summed E-state index contributed by atoms with van der Waals surface area (Å²) >= 11 is 3.39. The van der Waals surface area contributed by atoms with Crippen molar-refractivity contribution in [3.63, 3.8) is 0 Å². The fourth-order valence-electron chi connectivity index (χ4n) is 1.78. The second-order valence-electron chi connectivity index (χ2n) is 4.03. The first-order chi connectivity index (χ1) is 8.93. The van der Waals surface area contributed by atoms with Crippen LogP contribution in [0.4, 0.5) is 4.39 Å². The van der Waals surface area contributed by atoms with Crippen molar-refractivity contribution in [2.24, 2.45) is 0 Å². The van der Waals surface area contributed by atoms with Gasteiger partial charge in [-0.15, -0.1) is 0 Å². The van der Waals surface area contributed by atoms with E-state index in [-0.39, 0.29) is 6.54 Å². The maximum Gasteiger partial charge on any atom is 0.328 e. The molecule has 0 spiro atoms. The van der Waals surface area contributed by atoms with Crippen LogP contribution in [0.25, 0.3) is 0 Å². The summed E-state index contributed by atoms with van der Waals surface area (Å²) in [5.41, 5.74) is -0.136. The van der Waals surface area contributed by atoms with Gasteiger partial charge in [0.15, 0.2) is 0 Å². The zero-order valence-electron chi connectivity index (χ0n) is 10.4. The van der Waals surface area contributed by atoms with Crippen LogP contribution >= 0.6 is 15.9 Å². The molecular weight excluding hydrogens is 319 g/mol. The van der Waals surface area contributed by atoms with E-state index in [2.05, 4.69) is 21.0 Å². The summed E-state index contributed by atoms with van der Waals surface area (Å²) < 4.78 is 16.8. The van der Waals surface area contributed by atoms with Gasteiger partial charge in [0.25, 0.3) is 5.56 Å². The Kier molecular flexibility index (Phi) is 3.70. The molecule has 0 bridgehead atoms. The smallest absolute Gasteiger partial charge is 0.292 e. The minimum Gasteiger partial charge on any atom is -0.292 e. The highest BCUT2D eigenvalue weighted by Crippen LogP contribution is 2.21. The first-order valence-electron chi connectivity index (χ1n) is 5.65. The maximum absolute atomic E-state index is 13.2. The molecule has 0 unspecified atom stereocenters. The first kappa shape index (κ1) is 13.7. The first-order valence-corrected chi connectivity index (χ1v) is 6.44. The van der Waals surface area contributed by atoms with Crippen LogP contribution < -0.4 is 11.2 Å². The normalized spacial score (nSPS) is 10.9. The van der Waals surface area contributed by atoms with E-state index in [1.165, 1.54) is 0 Å². The van der Waals surface area contributed by atoms with E-state index in [1.807, 2.05) is 18.8 Å². The third kappa shape index (κ3) is 2.53. The summed E-state index contributed by atoms with van der Waals surface area (Å²) in [6, 6.07) is 0. The highest BCUT2D eigenvalue weighted by molar-refractivity contribution is 9.10. The van der Waals surface area contributed by atoms with Crippen molar-refractivity contribution >= 4 is 15.9 Å². The summed E-state index contributed by atoms with van der Waals surface area (Å²) in [5, 5.41) is 4.28. The monoisotopic (exact) mass is 330 g/mol. The molecule has 2 aromatic heterocycles. The molecule has 2 aromatic rings. The van der Waals surface area contributed by atoms with Gasteiger partial charge in [-0.2, -0.15) is 9.49 Å². The molecule has 0 saturated heterocycles. The Labute approximate surface area is 116 Å². The number of H-pyrrole nitrogens is 1. The van der Waals surface area contributed by atoms with E-state index in [0.29, 0.717) is 6.54 Å². The van der Waals surface area contributed by atoms with Crippen molar-refractivity contribution in [3.05, 3.63) is 48.7 Å². The van der Waals surface area contributed by atoms with E-state index in [1.54, 1.807) is 4.68 Å². The van der Waals surface area contributed by atoms with Gasteiger partial charge in [-0.1, -0.05) is 0 Å². The highest BCUT2D eigenvalue weighted by atomic mass is 79.9. The predicted molar refractivity (Wildman–Crippen MR) is 70.7 cm³/mol. The average Bonchev–Trinajstić information content (AvgIpc) is 2.63. The van der Waals surface area contributed by atoms with Gasteiger partial charge in [-0.3, -0.25) is 19.0 Å². The van der Waals surface area contributed by atoms with Gasteiger partial charge >= 0.3 is 5.69 Å². The molecule has 1 N–H and O–H groups in total. The highest BCUT2D eigenvalue weighted by Gasteiger charge is 2.14. The molecule has 2 heterocycles. The fourth-order valence-corrected chi connectivity index (χ4v) is 2.19. The Balaban J connectivity index is 2.50. The second-order valence-corrected chi connectivity index (χ2v) is 4.82. The zero-order chi connectivity index (χ0) is 14.2. The van der Waals surface area contributed by atoms with Crippen molar-refractivity contribution in [1.82, 2.24) is 19.3 Å². The molecule has 0 aromatic carbocycles. The molecule has 0 aliphatic rings. The lowest BCUT2D eigenvalue weighted by Crippen LogP contribution is -2.32. The molecule has 0 aliphatic heterocycles. The van der Waals surface area contributed by atoms with Crippen LogP contribution in [0.2, 0.25) is 0 Å². The third-order valence-electron chi connectivity index (χ3n) is 2.74. The lowest BCUT2D eigenvalue weighted by Gasteiger charge is -2.07. The van der Waals surface area contributed by atoms with Gasteiger partial charge in [-0.05, 0) is 29.8 Å². The average molecular weight is 331 g/mol. The van der Waals surface area contributed by atoms with Crippen molar-refractivity contribution in [2.75, 3.05) is 0 Å². The standard InChI is InChI=1S/C11H12BrFN4O2/c1-3-17-8(9(12)6(2)15-17)5-16-4-7(13)10(18)14-11(16)19/h4H,3,5H2,1-2H3,(H,14,18,19). The Morgan fingerprint density at radius 3 is 2.79 bits per heavy atom. The molecule has 0 saturated carbocycles. The zero-order valence-corrected chi connectivity index (χ0v) is 12.0. The van der Waals surface area contributed by atoms with Crippen molar-refractivity contribution in [2.45, 2.75) is 26.9 Å². The molecule has 0 amide bonds. The van der Waals surface area contributed by atoms with Crippen molar-refractivity contribution in [3.8, 4) is 0 Å². The van der Waals surface area contributed by atoms with E-state index >= 15 is 0 Å². The van der Waals surface area contributed by atoms with Gasteiger partial charge < -0.3 is 0 Å². The maximum atomic E-state index is 13.2. The van der Waals surface area contributed by atoms with Gasteiger partial charge in [0.1, 0.15) is 0 Å². The van der Waals surface area contributed by atoms with E-state index in [0.717, 1.165) is 26.6 Å². The number of hydrogen-bond acceptors (Lipinski definition) is 3. The lowest BCUT2D eigenvalue weighted by molar-refractivity contribution is 0.545. The summed E-state index contributed by atoms with van der Waals surface area (Å²) in [6.45, 7) is 4.50. The largest absolute Gasteiger partial charge is 0.328 e. The van der Waals surface area contributed by atoms with Crippen molar-refractivity contribution in [1.29, 1.82) is 0 Å². The van der Waals surface area contributed by atoms with Crippen LogP contribution in [-0.2, 0) is 13.1 Å². The predicted octanol–water partition coefficient (Wildman–Crippen LogP) is 1.01. The van der Waals surface area contributed by atoms with E-state index in [9.17, 15) is 14.0 Å². The lowest BCUT2D eigenvalue weighted by atomic mass is 10.3.